The Labute approximate surface area is 42.8 Å². The summed E-state index contributed by atoms with van der Waals surface area (Å²) in [5, 5.41) is 8.69. The Morgan fingerprint density at radius 1 is 1.71 bits per heavy atom. The lowest BCUT2D eigenvalue weighted by atomic mass is 10.6. The van der Waals surface area contributed by atoms with Crippen LogP contribution in [0.2, 0.25) is 0 Å². The van der Waals surface area contributed by atoms with Crippen molar-refractivity contribution >= 4 is 0 Å². The zero-order chi connectivity index (χ0) is 6.08. The van der Waals surface area contributed by atoms with Crippen molar-refractivity contribution in [3.63, 3.8) is 0 Å². The lowest BCUT2D eigenvalue weighted by Gasteiger charge is -2.21. The van der Waals surface area contributed by atoms with E-state index < -0.39 is 10.9 Å². The number of nitrogens with two attached hydrogens (primary N) is 2. The fourth-order valence-corrected chi connectivity index (χ4v) is 0. The molecule has 0 aliphatic carbocycles. The quantitative estimate of drug-likeness (QED) is 0.174. The summed E-state index contributed by atoms with van der Waals surface area (Å²) in [6.45, 7) is 1.62. The van der Waals surface area contributed by atoms with E-state index in [1.807, 2.05) is 0 Å². The maximum absolute atomic E-state index is 8.69. The lowest BCUT2D eigenvalue weighted by Crippen LogP contribution is -2.57. The Bertz CT molecular complexity index is 55.7. The van der Waals surface area contributed by atoms with E-state index in [-0.39, 0.29) is 0 Å². The van der Waals surface area contributed by atoms with Gasteiger partial charge in [-0.15, -0.1) is 5.84 Å². The summed E-state index contributed by atoms with van der Waals surface area (Å²) in [6, 6.07) is 0. The molecule has 0 aliphatic rings. The molecule has 5 N–H and O–H groups in total. The second-order valence-corrected chi connectivity index (χ2v) is 1.84. The zero-order valence-corrected chi connectivity index (χ0v) is 4.63. The molecule has 2 atom stereocenters. The molecule has 0 radical (unpaired) electrons. The van der Waals surface area contributed by atoms with E-state index in [1.165, 1.54) is 7.05 Å². The first-order valence-electron chi connectivity index (χ1n) is 2.07. The fourth-order valence-electron chi connectivity index (χ4n) is 0. The number of nitrogens with zero attached hydrogens (tertiary/aromatic N) is 1. The molecule has 0 saturated heterocycles. The predicted octanol–water partition coefficient (Wildman–Crippen LogP) is -0.999. The molecular weight excluding hydrogens is 94.1 g/mol. The predicted molar refractivity (Wildman–Crippen MR) is 25.8 cm³/mol. The molecule has 0 spiro atoms. The van der Waals surface area contributed by atoms with E-state index in [0.717, 1.165) is 0 Å². The topological polar surface area (TPSA) is 72.3 Å². The molecule has 44 valence electrons. The first-order chi connectivity index (χ1) is 2.94. The van der Waals surface area contributed by atoms with E-state index in [0.29, 0.717) is 0 Å². The monoisotopic (exact) mass is 106 g/mol. The molecule has 4 heteroatoms. The minimum absolute atomic E-state index is 0.431. The first-order valence-corrected chi connectivity index (χ1v) is 2.07. The molecule has 0 heterocycles. The second kappa shape index (κ2) is 1.75. The summed E-state index contributed by atoms with van der Waals surface area (Å²) >= 11 is 0. The summed E-state index contributed by atoms with van der Waals surface area (Å²) in [5.41, 5.74) is 5.17. The van der Waals surface area contributed by atoms with Gasteiger partial charge in [0.25, 0.3) is 0 Å². The summed E-state index contributed by atoms with van der Waals surface area (Å²) in [4.78, 5) is 0. The van der Waals surface area contributed by atoms with Gasteiger partial charge in [-0.25, -0.2) is 0 Å². The van der Waals surface area contributed by atoms with Crippen molar-refractivity contribution in [2.24, 2.45) is 11.6 Å². The summed E-state index contributed by atoms with van der Waals surface area (Å²) in [7, 11) is 1.41. The Kier molecular flexibility index (Phi) is 1.71. The van der Waals surface area contributed by atoms with Gasteiger partial charge < -0.3 is 0 Å². The van der Waals surface area contributed by atoms with Crippen molar-refractivity contribution < 1.29 is 9.96 Å². The van der Waals surface area contributed by atoms with Crippen LogP contribution < -0.4 is 11.6 Å². The van der Waals surface area contributed by atoms with E-state index in [9.17, 15) is 0 Å². The highest BCUT2D eigenvalue weighted by atomic mass is 16.6. The summed E-state index contributed by atoms with van der Waals surface area (Å²) < 4.78 is -0.667. The SMILES string of the molecule is CC(N)[N+](C)(N)O. The summed E-state index contributed by atoms with van der Waals surface area (Å²) in [5.74, 6) is 5.05. The third-order valence-electron chi connectivity index (χ3n) is 0.825. The highest BCUT2D eigenvalue weighted by Gasteiger charge is 2.16. The largest absolute Gasteiger partial charge is 0.278 e. The number of hydrogen-bond acceptors (Lipinski definition) is 3. The van der Waals surface area contributed by atoms with Gasteiger partial charge in [-0.2, -0.15) is 5.21 Å². The molecule has 0 rings (SSSR count). The Morgan fingerprint density at radius 3 is 1.86 bits per heavy atom. The molecule has 0 saturated carbocycles. The van der Waals surface area contributed by atoms with Crippen molar-refractivity contribution in [2.45, 2.75) is 13.1 Å². The fraction of sp³-hybridized carbons (Fsp3) is 1.00. The van der Waals surface area contributed by atoms with Gasteiger partial charge in [0.1, 0.15) is 7.05 Å². The van der Waals surface area contributed by atoms with E-state index in [1.54, 1.807) is 6.92 Å². The average molecular weight is 106 g/mol. The van der Waals surface area contributed by atoms with Crippen molar-refractivity contribution in [3.8, 4) is 0 Å². The van der Waals surface area contributed by atoms with Gasteiger partial charge >= 0.3 is 0 Å². The maximum atomic E-state index is 8.69. The van der Waals surface area contributed by atoms with Gasteiger partial charge in [0.05, 0.1) is 0 Å². The van der Waals surface area contributed by atoms with Crippen molar-refractivity contribution in [1.29, 1.82) is 0 Å². The van der Waals surface area contributed by atoms with E-state index in [4.69, 9.17) is 16.8 Å². The van der Waals surface area contributed by atoms with Gasteiger partial charge in [0.2, 0.25) is 0 Å². The lowest BCUT2D eigenvalue weighted by molar-refractivity contribution is -1.11. The highest BCUT2D eigenvalue weighted by Crippen LogP contribution is 1.85. The van der Waals surface area contributed by atoms with Crippen LogP contribution in [0, 0.1) is 0 Å². The first kappa shape index (κ1) is 6.84. The van der Waals surface area contributed by atoms with Crippen LogP contribution in [0.15, 0.2) is 0 Å². The Balaban J connectivity index is 3.54. The van der Waals surface area contributed by atoms with Crippen LogP contribution in [-0.4, -0.2) is 23.2 Å². The van der Waals surface area contributed by atoms with Gasteiger partial charge in [-0.3, -0.25) is 5.73 Å². The molecule has 4 nitrogen and oxygen atoms in total. The van der Waals surface area contributed by atoms with Crippen molar-refractivity contribution in [2.75, 3.05) is 7.05 Å². The van der Waals surface area contributed by atoms with Crippen LogP contribution in [0.3, 0.4) is 0 Å². The molecule has 2 unspecified atom stereocenters. The molecule has 7 heavy (non-hydrogen) atoms. The molecule has 0 bridgehead atoms. The normalized spacial score (nSPS) is 23.6. The molecular formula is C3H12N3O+. The summed E-state index contributed by atoms with van der Waals surface area (Å²) in [6.07, 6.45) is -0.431. The van der Waals surface area contributed by atoms with E-state index in [2.05, 4.69) is 0 Å². The number of rotatable bonds is 1. The maximum Gasteiger partial charge on any atom is 0.185 e. The number of hydrogen-bond donors (Lipinski definition) is 3. The third kappa shape index (κ3) is 2.52. The molecule has 0 aromatic carbocycles. The van der Waals surface area contributed by atoms with Crippen molar-refractivity contribution in [3.05, 3.63) is 0 Å². The van der Waals surface area contributed by atoms with Gasteiger partial charge in [0, 0.05) is 6.92 Å². The zero-order valence-electron chi connectivity index (χ0n) is 4.63. The van der Waals surface area contributed by atoms with Crippen LogP contribution in [0.5, 0.6) is 0 Å². The minimum Gasteiger partial charge on any atom is -0.278 e. The molecule has 0 aromatic heterocycles. The number of hydroxylamine groups is 2. The standard InChI is InChI=1S/C3H12N3O/c1-3(4)6(2,5)7/h3,7H,4-5H2,1-2H3/q+1. The van der Waals surface area contributed by atoms with Crippen LogP contribution in [0.4, 0.5) is 0 Å². The highest BCUT2D eigenvalue weighted by molar-refractivity contribution is 4.23. The minimum atomic E-state index is -0.667. The molecule has 0 fully saturated rings. The van der Waals surface area contributed by atoms with Gasteiger partial charge in [-0.1, -0.05) is 4.76 Å². The third-order valence-corrected chi connectivity index (χ3v) is 0.825. The Hall–Kier alpha value is -0.160. The second-order valence-electron chi connectivity index (χ2n) is 1.84. The molecule has 0 aliphatic heterocycles. The molecule has 0 aromatic rings. The van der Waals surface area contributed by atoms with Crippen LogP contribution in [0.25, 0.3) is 0 Å². The van der Waals surface area contributed by atoms with Gasteiger partial charge in [0.15, 0.2) is 6.17 Å². The van der Waals surface area contributed by atoms with Crippen LogP contribution >= 0.6 is 0 Å². The van der Waals surface area contributed by atoms with Crippen LogP contribution in [-0.2, 0) is 0 Å². The Morgan fingerprint density at radius 2 is 1.86 bits per heavy atom. The van der Waals surface area contributed by atoms with E-state index >= 15 is 0 Å². The van der Waals surface area contributed by atoms with Gasteiger partial charge in [-0.05, 0) is 0 Å². The number of quaternary nitrogens is 1. The smallest absolute Gasteiger partial charge is 0.185 e. The van der Waals surface area contributed by atoms with Crippen LogP contribution in [0.1, 0.15) is 6.92 Å². The average Bonchev–Trinajstić information content (AvgIpc) is 1.31. The van der Waals surface area contributed by atoms with Crippen molar-refractivity contribution in [1.82, 2.24) is 0 Å². The molecule has 0 amide bonds.